The largest absolute Gasteiger partial charge is 0.393 e. The Morgan fingerprint density at radius 2 is 1.94 bits per heavy atom. The van der Waals surface area contributed by atoms with Crippen LogP contribution in [0.4, 0.5) is 11.8 Å². The molecule has 8 nitrogen and oxygen atoms in total. The molecule has 0 unspecified atom stereocenters. The van der Waals surface area contributed by atoms with Crippen molar-refractivity contribution >= 4 is 11.8 Å². The van der Waals surface area contributed by atoms with Crippen LogP contribution < -0.4 is 10.6 Å². The van der Waals surface area contributed by atoms with E-state index >= 15 is 0 Å². The second kappa shape index (κ2) is 12.3. The van der Waals surface area contributed by atoms with Gasteiger partial charge >= 0.3 is 0 Å². The molecule has 1 aliphatic carbocycles. The lowest BCUT2D eigenvalue weighted by molar-refractivity contribution is 0.0342. The average molecular weight is 455 g/mol. The van der Waals surface area contributed by atoms with E-state index in [1.165, 1.54) is 5.56 Å². The summed E-state index contributed by atoms with van der Waals surface area (Å²) in [7, 11) is 0. The van der Waals surface area contributed by atoms with Crippen LogP contribution in [0, 0.1) is 5.92 Å². The zero-order valence-corrected chi connectivity index (χ0v) is 19.8. The third-order valence-electron chi connectivity index (χ3n) is 6.59. The van der Waals surface area contributed by atoms with Gasteiger partial charge in [0.1, 0.15) is 5.82 Å². The topological polar surface area (TPSA) is 95.4 Å². The number of pyridine rings is 1. The molecule has 8 heteroatoms. The summed E-state index contributed by atoms with van der Waals surface area (Å²) < 4.78 is 5.48. The van der Waals surface area contributed by atoms with Gasteiger partial charge < -0.3 is 20.5 Å². The minimum absolute atomic E-state index is 0.136. The van der Waals surface area contributed by atoms with Crippen LogP contribution in [0.15, 0.2) is 24.5 Å². The van der Waals surface area contributed by atoms with Crippen molar-refractivity contribution in [3.05, 3.63) is 30.1 Å². The van der Waals surface area contributed by atoms with Gasteiger partial charge in [-0.1, -0.05) is 13.3 Å². The Kier molecular flexibility index (Phi) is 8.86. The minimum Gasteiger partial charge on any atom is -0.393 e. The van der Waals surface area contributed by atoms with Crippen LogP contribution >= 0.6 is 0 Å². The molecule has 0 aromatic carbocycles. The first-order chi connectivity index (χ1) is 16.2. The summed E-state index contributed by atoms with van der Waals surface area (Å²) in [6.07, 6.45) is 9.71. The molecule has 180 valence electrons. The molecule has 2 fully saturated rings. The van der Waals surface area contributed by atoms with E-state index in [0.717, 1.165) is 102 Å². The highest BCUT2D eigenvalue weighted by Crippen LogP contribution is 2.29. The molecule has 0 radical (unpaired) electrons. The number of nitrogens with one attached hydrogen (secondary N) is 2. The van der Waals surface area contributed by atoms with E-state index in [0.29, 0.717) is 11.9 Å². The van der Waals surface area contributed by atoms with E-state index in [9.17, 15) is 5.11 Å². The third-order valence-corrected chi connectivity index (χ3v) is 6.59. The van der Waals surface area contributed by atoms with Gasteiger partial charge in [-0.2, -0.15) is 4.98 Å². The maximum atomic E-state index is 9.82. The van der Waals surface area contributed by atoms with Crippen LogP contribution in [-0.2, 0) is 11.3 Å². The van der Waals surface area contributed by atoms with Crippen molar-refractivity contribution in [2.75, 3.05) is 50.0 Å². The Morgan fingerprint density at radius 3 is 2.73 bits per heavy atom. The molecule has 3 heterocycles. The number of rotatable bonds is 10. The number of nitrogens with zero attached hydrogens (tertiary/aromatic N) is 4. The number of aromatic nitrogens is 3. The zero-order chi connectivity index (χ0) is 22.9. The molecule has 2 aromatic rings. The fourth-order valence-corrected chi connectivity index (χ4v) is 4.49. The molecule has 0 bridgehead atoms. The number of morpholine rings is 1. The predicted octanol–water partition coefficient (Wildman–Crippen LogP) is 3.55. The second-order valence-corrected chi connectivity index (χ2v) is 9.23. The van der Waals surface area contributed by atoms with Gasteiger partial charge in [0.2, 0.25) is 5.95 Å². The van der Waals surface area contributed by atoms with E-state index < -0.39 is 0 Å². The quantitative estimate of drug-likeness (QED) is 0.469. The van der Waals surface area contributed by atoms with Gasteiger partial charge in [-0.15, -0.1) is 0 Å². The van der Waals surface area contributed by atoms with Crippen LogP contribution in [0.25, 0.3) is 11.3 Å². The van der Waals surface area contributed by atoms with Crippen molar-refractivity contribution in [1.29, 1.82) is 0 Å². The lowest BCUT2D eigenvalue weighted by Crippen LogP contribution is -2.35. The Labute approximate surface area is 197 Å². The van der Waals surface area contributed by atoms with E-state index in [4.69, 9.17) is 9.72 Å². The normalized spacial score (nSPS) is 21.6. The summed E-state index contributed by atoms with van der Waals surface area (Å²) in [5, 5.41) is 16.7. The zero-order valence-electron chi connectivity index (χ0n) is 19.8. The van der Waals surface area contributed by atoms with E-state index in [2.05, 4.69) is 44.6 Å². The molecule has 1 saturated carbocycles. The third kappa shape index (κ3) is 7.09. The van der Waals surface area contributed by atoms with Crippen LogP contribution in [0.5, 0.6) is 0 Å². The molecule has 2 aromatic heterocycles. The Morgan fingerprint density at radius 1 is 1.12 bits per heavy atom. The Bertz CT molecular complexity index is 866. The van der Waals surface area contributed by atoms with E-state index in [1.54, 1.807) is 0 Å². The molecule has 4 rings (SSSR count). The van der Waals surface area contributed by atoms with Crippen LogP contribution in [-0.4, -0.2) is 70.5 Å². The predicted molar refractivity (Wildman–Crippen MR) is 131 cm³/mol. The monoisotopic (exact) mass is 454 g/mol. The Balaban J connectivity index is 1.50. The number of unbranched alkanes of at least 4 members (excludes halogenated alkanes) is 1. The summed E-state index contributed by atoms with van der Waals surface area (Å²) in [6.45, 7) is 8.29. The van der Waals surface area contributed by atoms with Gasteiger partial charge in [0.15, 0.2) is 0 Å². The SMILES string of the molecule is CCCCNc1ncc(-c2cc(CN3CCOCC3)ccn2)c(NCC2CCC(O)CC2)n1. The molecule has 3 N–H and O–H groups in total. The second-order valence-electron chi connectivity index (χ2n) is 9.23. The lowest BCUT2D eigenvalue weighted by atomic mass is 9.87. The van der Waals surface area contributed by atoms with E-state index in [-0.39, 0.29) is 6.10 Å². The summed E-state index contributed by atoms with van der Waals surface area (Å²) in [5.41, 5.74) is 3.05. The maximum absolute atomic E-state index is 9.82. The molecule has 1 saturated heterocycles. The van der Waals surface area contributed by atoms with Crippen molar-refractivity contribution in [1.82, 2.24) is 19.9 Å². The van der Waals surface area contributed by atoms with Crippen molar-refractivity contribution < 1.29 is 9.84 Å². The summed E-state index contributed by atoms with van der Waals surface area (Å²) in [5.74, 6) is 2.03. The molecule has 0 atom stereocenters. The first-order valence-corrected chi connectivity index (χ1v) is 12.5. The first kappa shape index (κ1) is 23.9. The van der Waals surface area contributed by atoms with Crippen molar-refractivity contribution in [2.45, 2.75) is 58.1 Å². The summed E-state index contributed by atoms with van der Waals surface area (Å²) in [6, 6.07) is 4.24. The highest BCUT2D eigenvalue weighted by molar-refractivity contribution is 5.73. The Hall–Kier alpha value is -2.29. The molecular formula is C25H38N6O2. The van der Waals surface area contributed by atoms with Crippen molar-refractivity contribution in [3.63, 3.8) is 0 Å². The molecular weight excluding hydrogens is 416 g/mol. The van der Waals surface area contributed by atoms with Gasteiger partial charge in [0, 0.05) is 45.1 Å². The summed E-state index contributed by atoms with van der Waals surface area (Å²) in [4.78, 5) is 16.5. The molecule has 0 spiro atoms. The maximum Gasteiger partial charge on any atom is 0.224 e. The smallest absolute Gasteiger partial charge is 0.224 e. The van der Waals surface area contributed by atoms with Crippen LogP contribution in [0.1, 0.15) is 51.0 Å². The van der Waals surface area contributed by atoms with Gasteiger partial charge in [-0.05, 0) is 55.7 Å². The number of hydrogen-bond donors (Lipinski definition) is 3. The van der Waals surface area contributed by atoms with Gasteiger partial charge in [-0.25, -0.2) is 4.98 Å². The van der Waals surface area contributed by atoms with Crippen molar-refractivity contribution in [3.8, 4) is 11.3 Å². The number of anilines is 2. The van der Waals surface area contributed by atoms with Gasteiger partial charge in [0.05, 0.1) is 30.6 Å². The van der Waals surface area contributed by atoms with Crippen LogP contribution in [0.3, 0.4) is 0 Å². The summed E-state index contributed by atoms with van der Waals surface area (Å²) >= 11 is 0. The number of aliphatic hydroxyl groups excluding tert-OH is 1. The fourth-order valence-electron chi connectivity index (χ4n) is 4.49. The number of hydrogen-bond acceptors (Lipinski definition) is 8. The minimum atomic E-state index is -0.136. The number of ether oxygens (including phenoxy) is 1. The van der Waals surface area contributed by atoms with Gasteiger partial charge in [-0.3, -0.25) is 9.88 Å². The van der Waals surface area contributed by atoms with Gasteiger partial charge in [0.25, 0.3) is 0 Å². The first-order valence-electron chi connectivity index (χ1n) is 12.5. The molecule has 2 aliphatic rings. The fraction of sp³-hybridized carbons (Fsp3) is 0.640. The highest BCUT2D eigenvalue weighted by atomic mass is 16.5. The van der Waals surface area contributed by atoms with Crippen LogP contribution in [0.2, 0.25) is 0 Å². The average Bonchev–Trinajstić information content (AvgIpc) is 2.85. The lowest BCUT2D eigenvalue weighted by Gasteiger charge is -2.27. The standard InChI is InChI=1S/C25H38N6O2/c1-2-3-9-27-25-29-17-22(24(30-25)28-16-19-4-6-21(32)7-5-19)23-15-20(8-10-26-23)18-31-11-13-33-14-12-31/h8,10,15,17,19,21,32H,2-7,9,11-14,16,18H2,1H3,(H2,27,28,29,30). The molecule has 1 aliphatic heterocycles. The highest BCUT2D eigenvalue weighted by Gasteiger charge is 2.20. The molecule has 33 heavy (non-hydrogen) atoms. The van der Waals surface area contributed by atoms with Crippen molar-refractivity contribution in [2.24, 2.45) is 5.92 Å². The molecule has 0 amide bonds. The number of aliphatic hydroxyl groups is 1. The van der Waals surface area contributed by atoms with E-state index in [1.807, 2.05) is 12.4 Å².